The second-order valence-corrected chi connectivity index (χ2v) is 5.58. The molecule has 2 aromatic heterocycles. The maximum absolute atomic E-state index is 12.2. The predicted molar refractivity (Wildman–Crippen MR) is 91.1 cm³/mol. The van der Waals surface area contributed by atoms with Crippen LogP contribution in [0.3, 0.4) is 0 Å². The Hall–Kier alpha value is -3.35. The number of nitrogens with one attached hydrogen (secondary N) is 1. The Bertz CT molecular complexity index is 876. The van der Waals surface area contributed by atoms with Gasteiger partial charge in [0, 0.05) is 12.4 Å². The molecule has 0 bridgehead atoms. The van der Waals surface area contributed by atoms with Gasteiger partial charge >= 0.3 is 0 Å². The summed E-state index contributed by atoms with van der Waals surface area (Å²) in [4.78, 5) is 20.5. The highest BCUT2D eigenvalue weighted by Crippen LogP contribution is 2.30. The van der Waals surface area contributed by atoms with Gasteiger partial charge in [0.1, 0.15) is 25.4 Å². The second-order valence-electron chi connectivity index (χ2n) is 5.58. The monoisotopic (exact) mass is 336 g/mol. The number of fused-ring (bicyclic) bond motifs is 1. The van der Waals surface area contributed by atoms with Gasteiger partial charge in [0.25, 0.3) is 0 Å². The van der Waals surface area contributed by atoms with Crippen LogP contribution in [-0.4, -0.2) is 33.7 Å². The van der Waals surface area contributed by atoms with E-state index in [1.807, 2.05) is 36.5 Å². The van der Waals surface area contributed by atoms with Gasteiger partial charge < -0.3 is 14.8 Å². The van der Waals surface area contributed by atoms with Gasteiger partial charge in [-0.25, -0.2) is 9.97 Å². The fourth-order valence-electron chi connectivity index (χ4n) is 2.60. The number of anilines is 1. The van der Waals surface area contributed by atoms with Gasteiger partial charge in [-0.15, -0.1) is 0 Å². The van der Waals surface area contributed by atoms with Crippen molar-refractivity contribution in [3.63, 3.8) is 0 Å². The Balaban J connectivity index is 1.40. The van der Waals surface area contributed by atoms with E-state index in [9.17, 15) is 4.79 Å². The number of rotatable bonds is 4. The van der Waals surface area contributed by atoms with Crippen LogP contribution in [0.5, 0.6) is 11.5 Å². The summed E-state index contributed by atoms with van der Waals surface area (Å²) in [5.41, 5.74) is 1.51. The smallest absolute Gasteiger partial charge is 0.228 e. The number of aromatic nitrogens is 3. The zero-order valence-electron chi connectivity index (χ0n) is 13.4. The van der Waals surface area contributed by atoms with E-state index in [0.29, 0.717) is 24.7 Å². The van der Waals surface area contributed by atoms with Crippen LogP contribution in [0.4, 0.5) is 5.69 Å². The molecule has 1 aliphatic rings. The van der Waals surface area contributed by atoms with Gasteiger partial charge in [-0.2, -0.15) is 0 Å². The number of carbonyl (C=O) groups excluding carboxylic acids is 1. The minimum Gasteiger partial charge on any atom is -0.486 e. The van der Waals surface area contributed by atoms with Crippen molar-refractivity contribution >= 4 is 11.6 Å². The van der Waals surface area contributed by atoms with E-state index in [1.165, 1.54) is 0 Å². The second kappa shape index (κ2) is 6.64. The lowest BCUT2D eigenvalue weighted by molar-refractivity contribution is -0.115. The molecule has 3 heterocycles. The number of pyridine rings is 1. The third kappa shape index (κ3) is 3.45. The van der Waals surface area contributed by atoms with E-state index in [0.717, 1.165) is 17.1 Å². The normalized spacial score (nSPS) is 12.6. The highest BCUT2D eigenvalue weighted by atomic mass is 16.6. The molecule has 0 fully saturated rings. The first-order chi connectivity index (χ1) is 12.3. The molecule has 0 unspecified atom stereocenters. The number of amides is 1. The number of benzene rings is 1. The molecule has 0 spiro atoms. The van der Waals surface area contributed by atoms with Gasteiger partial charge in [0.2, 0.25) is 5.91 Å². The third-order valence-corrected chi connectivity index (χ3v) is 3.77. The van der Waals surface area contributed by atoms with E-state index in [4.69, 9.17) is 9.47 Å². The largest absolute Gasteiger partial charge is 0.486 e. The quantitative estimate of drug-likeness (QED) is 0.790. The standard InChI is InChI=1S/C18H16N4O3/c23-18(10-13-1-3-15-16(9-13)25-8-7-24-15)21-14-2-4-17(20-11-14)22-6-5-19-12-22/h1-6,9,11-12H,7-8,10H2,(H,21,23). The zero-order chi connectivity index (χ0) is 17.1. The van der Waals surface area contributed by atoms with Crippen LogP contribution in [-0.2, 0) is 11.2 Å². The molecule has 25 heavy (non-hydrogen) atoms. The van der Waals surface area contributed by atoms with Crippen LogP contribution in [0.1, 0.15) is 5.56 Å². The van der Waals surface area contributed by atoms with Gasteiger partial charge in [0.15, 0.2) is 11.5 Å². The van der Waals surface area contributed by atoms with Gasteiger partial charge in [0.05, 0.1) is 18.3 Å². The molecule has 3 aromatic rings. The van der Waals surface area contributed by atoms with Crippen LogP contribution in [0.2, 0.25) is 0 Å². The van der Waals surface area contributed by atoms with Gasteiger partial charge in [-0.05, 0) is 29.8 Å². The average molecular weight is 336 g/mol. The molecule has 0 aliphatic carbocycles. The van der Waals surface area contributed by atoms with E-state index >= 15 is 0 Å². The molecule has 7 nitrogen and oxygen atoms in total. The van der Waals surface area contributed by atoms with Crippen molar-refractivity contribution in [2.24, 2.45) is 0 Å². The van der Waals surface area contributed by atoms with Crippen molar-refractivity contribution in [2.45, 2.75) is 6.42 Å². The van der Waals surface area contributed by atoms with E-state index in [2.05, 4.69) is 15.3 Å². The Morgan fingerprint density at radius 1 is 1.16 bits per heavy atom. The fourth-order valence-corrected chi connectivity index (χ4v) is 2.60. The molecular formula is C18H16N4O3. The molecular weight excluding hydrogens is 320 g/mol. The van der Waals surface area contributed by atoms with Crippen molar-refractivity contribution in [3.05, 3.63) is 60.8 Å². The fraction of sp³-hybridized carbons (Fsp3) is 0.167. The summed E-state index contributed by atoms with van der Waals surface area (Å²) in [6.45, 7) is 1.08. The number of nitrogens with zero attached hydrogens (tertiary/aromatic N) is 3. The Labute approximate surface area is 144 Å². The maximum atomic E-state index is 12.2. The van der Waals surface area contributed by atoms with Crippen LogP contribution >= 0.6 is 0 Å². The summed E-state index contributed by atoms with van der Waals surface area (Å²) in [5.74, 6) is 2.02. The third-order valence-electron chi connectivity index (χ3n) is 3.77. The summed E-state index contributed by atoms with van der Waals surface area (Å²) in [6.07, 6.45) is 7.03. The Morgan fingerprint density at radius 3 is 2.80 bits per heavy atom. The molecule has 1 aliphatic heterocycles. The van der Waals surface area contributed by atoms with E-state index in [-0.39, 0.29) is 12.3 Å². The molecule has 126 valence electrons. The number of hydrogen-bond donors (Lipinski definition) is 1. The lowest BCUT2D eigenvalue weighted by Crippen LogP contribution is -2.17. The summed E-state index contributed by atoms with van der Waals surface area (Å²) in [7, 11) is 0. The number of carbonyl (C=O) groups is 1. The zero-order valence-corrected chi connectivity index (χ0v) is 13.4. The minimum absolute atomic E-state index is 0.117. The molecule has 0 radical (unpaired) electrons. The maximum Gasteiger partial charge on any atom is 0.228 e. The molecule has 7 heteroatoms. The lowest BCUT2D eigenvalue weighted by atomic mass is 10.1. The first-order valence-electron chi connectivity index (χ1n) is 7.91. The molecule has 0 atom stereocenters. The summed E-state index contributed by atoms with van der Waals surface area (Å²) < 4.78 is 12.8. The van der Waals surface area contributed by atoms with Crippen molar-refractivity contribution < 1.29 is 14.3 Å². The lowest BCUT2D eigenvalue weighted by Gasteiger charge is -2.18. The van der Waals surface area contributed by atoms with E-state index in [1.54, 1.807) is 23.3 Å². The molecule has 0 saturated heterocycles. The summed E-state index contributed by atoms with van der Waals surface area (Å²) >= 11 is 0. The van der Waals surface area contributed by atoms with Gasteiger partial charge in [-0.1, -0.05) is 6.07 Å². The molecule has 1 aromatic carbocycles. The number of hydrogen-bond acceptors (Lipinski definition) is 5. The van der Waals surface area contributed by atoms with Crippen molar-refractivity contribution in [1.29, 1.82) is 0 Å². The Morgan fingerprint density at radius 2 is 2.04 bits per heavy atom. The highest BCUT2D eigenvalue weighted by molar-refractivity contribution is 5.92. The van der Waals surface area contributed by atoms with Crippen LogP contribution in [0.25, 0.3) is 5.82 Å². The topological polar surface area (TPSA) is 78.3 Å². The summed E-state index contributed by atoms with van der Waals surface area (Å²) in [5, 5.41) is 2.84. The summed E-state index contributed by atoms with van der Waals surface area (Å²) in [6, 6.07) is 9.17. The van der Waals surface area contributed by atoms with Crippen molar-refractivity contribution in [3.8, 4) is 17.3 Å². The molecule has 1 N–H and O–H groups in total. The molecule has 4 rings (SSSR count). The van der Waals surface area contributed by atoms with Gasteiger partial charge in [-0.3, -0.25) is 9.36 Å². The van der Waals surface area contributed by atoms with Crippen LogP contribution in [0.15, 0.2) is 55.2 Å². The minimum atomic E-state index is -0.117. The molecule has 0 saturated carbocycles. The number of imidazole rings is 1. The van der Waals surface area contributed by atoms with Crippen molar-refractivity contribution in [1.82, 2.24) is 14.5 Å². The predicted octanol–water partition coefficient (Wildman–Crippen LogP) is 2.22. The van der Waals surface area contributed by atoms with E-state index < -0.39 is 0 Å². The molecule has 1 amide bonds. The first-order valence-corrected chi connectivity index (χ1v) is 7.91. The van der Waals surface area contributed by atoms with Crippen LogP contribution < -0.4 is 14.8 Å². The average Bonchev–Trinajstić information content (AvgIpc) is 3.17. The Kier molecular flexibility index (Phi) is 4.04. The number of ether oxygens (including phenoxy) is 2. The van der Waals surface area contributed by atoms with Crippen molar-refractivity contribution in [2.75, 3.05) is 18.5 Å². The first kappa shape index (κ1) is 15.2. The SMILES string of the molecule is O=C(Cc1ccc2c(c1)OCCO2)Nc1ccc(-n2ccnc2)nc1. The highest BCUT2D eigenvalue weighted by Gasteiger charge is 2.13. The van der Waals surface area contributed by atoms with Crippen LogP contribution in [0, 0.1) is 0 Å².